The minimum absolute atomic E-state index is 0.648. The third kappa shape index (κ3) is 2.59. The SMILES string of the molecule is CCn1c(CNC2CCCC2SC)nc2ccccc21. The molecule has 0 bridgehead atoms. The fourth-order valence-corrected chi connectivity index (χ4v) is 4.24. The molecular formula is C16H23N3S. The molecule has 0 amide bonds. The van der Waals surface area contributed by atoms with Gasteiger partial charge in [-0.2, -0.15) is 11.8 Å². The minimum atomic E-state index is 0.648. The predicted octanol–water partition coefficient (Wildman–Crippen LogP) is 3.43. The molecule has 3 rings (SSSR count). The van der Waals surface area contributed by atoms with E-state index in [1.807, 2.05) is 11.8 Å². The molecule has 2 atom stereocenters. The fourth-order valence-electron chi connectivity index (χ4n) is 3.28. The van der Waals surface area contributed by atoms with Gasteiger partial charge in [-0.15, -0.1) is 0 Å². The molecule has 1 aliphatic rings. The first-order valence-corrected chi connectivity index (χ1v) is 8.82. The summed E-state index contributed by atoms with van der Waals surface area (Å²) in [4.78, 5) is 4.79. The number of thioether (sulfide) groups is 1. The number of nitrogens with zero attached hydrogens (tertiary/aromatic N) is 2. The van der Waals surface area contributed by atoms with Crippen molar-refractivity contribution in [3.63, 3.8) is 0 Å². The third-order valence-electron chi connectivity index (χ3n) is 4.33. The van der Waals surface area contributed by atoms with E-state index in [0.717, 1.165) is 23.9 Å². The lowest BCUT2D eigenvalue weighted by Crippen LogP contribution is -2.34. The van der Waals surface area contributed by atoms with Crippen LogP contribution in [-0.2, 0) is 13.1 Å². The van der Waals surface area contributed by atoms with Gasteiger partial charge in [-0.1, -0.05) is 18.6 Å². The summed E-state index contributed by atoms with van der Waals surface area (Å²) < 4.78 is 2.32. The lowest BCUT2D eigenvalue weighted by atomic mass is 10.2. The molecule has 108 valence electrons. The van der Waals surface area contributed by atoms with Gasteiger partial charge in [0.15, 0.2) is 0 Å². The van der Waals surface area contributed by atoms with E-state index in [0.29, 0.717) is 6.04 Å². The Labute approximate surface area is 125 Å². The van der Waals surface area contributed by atoms with Crippen molar-refractivity contribution in [2.75, 3.05) is 6.26 Å². The number of aryl methyl sites for hydroxylation is 1. The van der Waals surface area contributed by atoms with Gasteiger partial charge in [0.2, 0.25) is 0 Å². The van der Waals surface area contributed by atoms with E-state index in [4.69, 9.17) is 4.98 Å². The topological polar surface area (TPSA) is 29.9 Å². The average Bonchev–Trinajstić information content (AvgIpc) is 3.08. The van der Waals surface area contributed by atoms with Gasteiger partial charge in [-0.3, -0.25) is 0 Å². The quantitative estimate of drug-likeness (QED) is 0.914. The first-order valence-electron chi connectivity index (χ1n) is 7.53. The van der Waals surface area contributed by atoms with Crippen molar-refractivity contribution in [2.24, 2.45) is 0 Å². The number of hydrogen-bond donors (Lipinski definition) is 1. The second kappa shape index (κ2) is 6.19. The van der Waals surface area contributed by atoms with E-state index in [1.54, 1.807) is 0 Å². The van der Waals surface area contributed by atoms with E-state index < -0.39 is 0 Å². The van der Waals surface area contributed by atoms with E-state index in [1.165, 1.54) is 30.6 Å². The van der Waals surface area contributed by atoms with Gasteiger partial charge in [-0.25, -0.2) is 4.98 Å². The van der Waals surface area contributed by atoms with E-state index >= 15 is 0 Å². The molecule has 1 aromatic heterocycles. The molecule has 1 aliphatic carbocycles. The second-order valence-corrected chi connectivity index (χ2v) is 6.53. The predicted molar refractivity (Wildman–Crippen MR) is 87.2 cm³/mol. The van der Waals surface area contributed by atoms with Gasteiger partial charge in [0, 0.05) is 17.8 Å². The van der Waals surface area contributed by atoms with Gasteiger partial charge in [0.25, 0.3) is 0 Å². The largest absolute Gasteiger partial charge is 0.327 e. The molecule has 20 heavy (non-hydrogen) atoms. The molecule has 4 heteroatoms. The summed E-state index contributed by atoms with van der Waals surface area (Å²) in [5, 5.41) is 4.50. The van der Waals surface area contributed by atoms with Crippen LogP contribution >= 0.6 is 11.8 Å². The molecule has 0 spiro atoms. The van der Waals surface area contributed by atoms with Gasteiger partial charge in [-0.05, 0) is 38.2 Å². The van der Waals surface area contributed by atoms with Crippen LogP contribution in [0.3, 0.4) is 0 Å². The zero-order chi connectivity index (χ0) is 13.9. The molecule has 2 unspecified atom stereocenters. The van der Waals surface area contributed by atoms with Crippen molar-refractivity contribution in [2.45, 2.75) is 50.6 Å². The van der Waals surface area contributed by atoms with Gasteiger partial charge in [0.05, 0.1) is 17.6 Å². The standard InChI is InChI=1S/C16H23N3S/c1-3-19-14-9-5-4-7-12(14)18-16(19)11-17-13-8-6-10-15(13)20-2/h4-5,7,9,13,15,17H,3,6,8,10-11H2,1-2H3. The Kier molecular flexibility index (Phi) is 4.32. The number of nitrogens with one attached hydrogen (secondary N) is 1. The van der Waals surface area contributed by atoms with Crippen LogP contribution in [0.15, 0.2) is 24.3 Å². The summed E-state index contributed by atoms with van der Waals surface area (Å²) in [6, 6.07) is 9.07. The molecule has 3 nitrogen and oxygen atoms in total. The molecule has 1 N–H and O–H groups in total. The summed E-state index contributed by atoms with van der Waals surface area (Å²) in [5.41, 5.74) is 2.36. The Bertz CT molecular complexity index is 578. The second-order valence-electron chi connectivity index (χ2n) is 5.45. The first kappa shape index (κ1) is 14.0. The summed E-state index contributed by atoms with van der Waals surface area (Å²) in [6.45, 7) is 4.05. The third-order valence-corrected chi connectivity index (χ3v) is 5.50. The smallest absolute Gasteiger partial charge is 0.123 e. The monoisotopic (exact) mass is 289 g/mol. The molecule has 1 aromatic carbocycles. The van der Waals surface area contributed by atoms with Crippen LogP contribution in [-0.4, -0.2) is 27.1 Å². The number of imidazole rings is 1. The van der Waals surface area contributed by atoms with Crippen molar-refractivity contribution < 1.29 is 0 Å². The number of aromatic nitrogens is 2. The van der Waals surface area contributed by atoms with Crippen LogP contribution in [0.1, 0.15) is 32.0 Å². The molecule has 2 aromatic rings. The molecule has 1 fully saturated rings. The maximum Gasteiger partial charge on any atom is 0.123 e. The number of para-hydroxylation sites is 2. The number of fused-ring (bicyclic) bond motifs is 1. The van der Waals surface area contributed by atoms with Crippen molar-refractivity contribution in [3.8, 4) is 0 Å². The van der Waals surface area contributed by atoms with Crippen molar-refractivity contribution in [1.82, 2.24) is 14.9 Å². The van der Waals surface area contributed by atoms with Crippen molar-refractivity contribution in [3.05, 3.63) is 30.1 Å². The zero-order valence-electron chi connectivity index (χ0n) is 12.3. The lowest BCUT2D eigenvalue weighted by Gasteiger charge is -2.19. The van der Waals surface area contributed by atoms with E-state index in [-0.39, 0.29) is 0 Å². The Morgan fingerprint density at radius 1 is 1.35 bits per heavy atom. The van der Waals surface area contributed by atoms with Crippen LogP contribution in [0, 0.1) is 0 Å². The van der Waals surface area contributed by atoms with Crippen LogP contribution in [0.4, 0.5) is 0 Å². The highest BCUT2D eigenvalue weighted by Gasteiger charge is 2.26. The van der Waals surface area contributed by atoms with Gasteiger partial charge < -0.3 is 9.88 Å². The summed E-state index contributed by atoms with van der Waals surface area (Å²) >= 11 is 2.00. The Morgan fingerprint density at radius 3 is 3.00 bits per heavy atom. The Morgan fingerprint density at radius 2 is 2.20 bits per heavy atom. The Hall–Kier alpha value is -1.00. The van der Waals surface area contributed by atoms with Crippen LogP contribution in [0.25, 0.3) is 11.0 Å². The van der Waals surface area contributed by atoms with Crippen molar-refractivity contribution >= 4 is 22.8 Å². The summed E-state index contributed by atoms with van der Waals surface area (Å²) in [5.74, 6) is 1.17. The zero-order valence-corrected chi connectivity index (χ0v) is 13.1. The molecular weight excluding hydrogens is 266 g/mol. The van der Waals surface area contributed by atoms with Crippen LogP contribution < -0.4 is 5.32 Å². The summed E-state index contributed by atoms with van der Waals surface area (Å²) in [7, 11) is 0. The highest BCUT2D eigenvalue weighted by molar-refractivity contribution is 7.99. The lowest BCUT2D eigenvalue weighted by molar-refractivity contribution is 0.510. The highest BCUT2D eigenvalue weighted by atomic mass is 32.2. The highest BCUT2D eigenvalue weighted by Crippen LogP contribution is 2.28. The fraction of sp³-hybridized carbons (Fsp3) is 0.562. The molecule has 1 heterocycles. The van der Waals surface area contributed by atoms with Crippen LogP contribution in [0.5, 0.6) is 0 Å². The molecule has 0 aliphatic heterocycles. The van der Waals surface area contributed by atoms with Gasteiger partial charge in [0.1, 0.15) is 5.82 Å². The van der Waals surface area contributed by atoms with Gasteiger partial charge >= 0.3 is 0 Å². The maximum atomic E-state index is 4.79. The number of hydrogen-bond acceptors (Lipinski definition) is 3. The Balaban J connectivity index is 1.77. The normalized spacial score (nSPS) is 22.7. The molecule has 1 saturated carbocycles. The molecule has 0 radical (unpaired) electrons. The average molecular weight is 289 g/mol. The van der Waals surface area contributed by atoms with Crippen molar-refractivity contribution in [1.29, 1.82) is 0 Å². The first-order chi connectivity index (χ1) is 9.83. The number of benzene rings is 1. The maximum absolute atomic E-state index is 4.79. The minimum Gasteiger partial charge on any atom is -0.327 e. The van der Waals surface area contributed by atoms with E-state index in [2.05, 4.69) is 47.3 Å². The van der Waals surface area contributed by atoms with Crippen LogP contribution in [0.2, 0.25) is 0 Å². The summed E-state index contributed by atoms with van der Waals surface area (Å²) in [6.07, 6.45) is 6.24. The van der Waals surface area contributed by atoms with E-state index in [9.17, 15) is 0 Å². The molecule has 0 saturated heterocycles. The number of rotatable bonds is 5.